The fourth-order valence-electron chi connectivity index (χ4n) is 3.40. The maximum atomic E-state index is 12.7. The monoisotopic (exact) mass is 272 g/mol. The van der Waals surface area contributed by atoms with E-state index in [0.717, 1.165) is 31.4 Å². The van der Waals surface area contributed by atoms with E-state index in [1.54, 1.807) is 9.80 Å². The smallest absolute Gasteiger partial charge is 0.246 e. The van der Waals surface area contributed by atoms with E-state index < -0.39 is 0 Å². The standard InChI is InChI=1S/C16H20N2O2/c1-2-13(12-7-4-3-5-8-12)18-11-15(19)17-10-6-9-14(17)16(18)20/h3-5,7-8,13-14H,2,6,9-11H2,1H3. The summed E-state index contributed by atoms with van der Waals surface area (Å²) in [5.74, 6) is 0.222. The van der Waals surface area contributed by atoms with Crippen molar-refractivity contribution in [3.05, 3.63) is 35.9 Å². The van der Waals surface area contributed by atoms with Gasteiger partial charge in [0.25, 0.3) is 0 Å². The minimum Gasteiger partial charge on any atom is -0.329 e. The largest absolute Gasteiger partial charge is 0.329 e. The maximum absolute atomic E-state index is 12.7. The van der Waals surface area contributed by atoms with Crippen molar-refractivity contribution in [2.45, 2.75) is 38.3 Å². The Kier molecular flexibility index (Phi) is 3.47. The molecule has 4 heteroatoms. The van der Waals surface area contributed by atoms with E-state index in [-0.39, 0.29) is 30.4 Å². The molecule has 0 bridgehead atoms. The molecule has 2 atom stereocenters. The first-order valence-electron chi connectivity index (χ1n) is 7.37. The third kappa shape index (κ3) is 2.09. The van der Waals surface area contributed by atoms with Gasteiger partial charge in [0.05, 0.1) is 6.04 Å². The van der Waals surface area contributed by atoms with Crippen LogP contribution >= 0.6 is 0 Å². The first-order chi connectivity index (χ1) is 9.72. The fraction of sp³-hybridized carbons (Fsp3) is 0.500. The Hall–Kier alpha value is -1.84. The first-order valence-corrected chi connectivity index (χ1v) is 7.37. The highest BCUT2D eigenvalue weighted by Gasteiger charge is 2.43. The van der Waals surface area contributed by atoms with Crippen molar-refractivity contribution in [1.29, 1.82) is 0 Å². The van der Waals surface area contributed by atoms with E-state index in [2.05, 4.69) is 6.92 Å². The van der Waals surface area contributed by atoms with Crippen molar-refractivity contribution in [2.75, 3.05) is 13.1 Å². The number of benzene rings is 1. The van der Waals surface area contributed by atoms with Crippen molar-refractivity contribution >= 4 is 11.8 Å². The van der Waals surface area contributed by atoms with E-state index in [9.17, 15) is 9.59 Å². The molecule has 20 heavy (non-hydrogen) atoms. The quantitative estimate of drug-likeness (QED) is 0.844. The number of carbonyl (C=O) groups is 2. The van der Waals surface area contributed by atoms with E-state index in [1.807, 2.05) is 30.3 Å². The third-order valence-electron chi connectivity index (χ3n) is 4.39. The number of carbonyl (C=O) groups excluding carboxylic acids is 2. The van der Waals surface area contributed by atoms with Crippen LogP contribution in [-0.4, -0.2) is 40.7 Å². The molecule has 4 nitrogen and oxygen atoms in total. The van der Waals surface area contributed by atoms with Crippen LogP contribution < -0.4 is 0 Å². The Labute approximate surface area is 119 Å². The lowest BCUT2D eigenvalue weighted by Crippen LogP contribution is -2.58. The highest BCUT2D eigenvalue weighted by molar-refractivity contribution is 5.95. The summed E-state index contributed by atoms with van der Waals surface area (Å²) in [4.78, 5) is 28.4. The number of amides is 2. The van der Waals surface area contributed by atoms with Crippen LogP contribution in [0.4, 0.5) is 0 Å². The average Bonchev–Trinajstić information content (AvgIpc) is 2.96. The summed E-state index contributed by atoms with van der Waals surface area (Å²) in [5.41, 5.74) is 1.11. The van der Waals surface area contributed by atoms with Crippen molar-refractivity contribution in [2.24, 2.45) is 0 Å². The number of fused-ring (bicyclic) bond motifs is 1. The molecule has 106 valence electrons. The summed E-state index contributed by atoms with van der Waals surface area (Å²) in [7, 11) is 0. The zero-order chi connectivity index (χ0) is 14.1. The van der Waals surface area contributed by atoms with Crippen LogP contribution in [0.1, 0.15) is 37.8 Å². The molecule has 0 saturated carbocycles. The molecule has 0 N–H and O–H groups in total. The van der Waals surface area contributed by atoms with Gasteiger partial charge in [0.15, 0.2) is 0 Å². The average molecular weight is 272 g/mol. The van der Waals surface area contributed by atoms with Crippen molar-refractivity contribution in [3.8, 4) is 0 Å². The van der Waals surface area contributed by atoms with Crippen LogP contribution in [0.5, 0.6) is 0 Å². The van der Waals surface area contributed by atoms with Crippen LogP contribution in [-0.2, 0) is 9.59 Å². The Morgan fingerprint density at radius 2 is 2.00 bits per heavy atom. The zero-order valence-corrected chi connectivity index (χ0v) is 11.8. The predicted molar refractivity (Wildman–Crippen MR) is 75.9 cm³/mol. The maximum Gasteiger partial charge on any atom is 0.246 e. The third-order valence-corrected chi connectivity index (χ3v) is 4.39. The van der Waals surface area contributed by atoms with Crippen molar-refractivity contribution < 1.29 is 9.59 Å². The molecule has 2 heterocycles. The van der Waals surface area contributed by atoms with Crippen molar-refractivity contribution in [1.82, 2.24) is 9.80 Å². The molecular weight excluding hydrogens is 252 g/mol. The molecule has 3 rings (SSSR count). The molecule has 2 aliphatic rings. The molecule has 2 fully saturated rings. The number of nitrogens with zero attached hydrogens (tertiary/aromatic N) is 2. The second-order valence-electron chi connectivity index (χ2n) is 5.55. The van der Waals surface area contributed by atoms with Gasteiger partial charge in [0, 0.05) is 6.54 Å². The Morgan fingerprint density at radius 3 is 2.70 bits per heavy atom. The van der Waals surface area contributed by atoms with Gasteiger partial charge in [-0.15, -0.1) is 0 Å². The molecule has 1 aromatic carbocycles. The van der Waals surface area contributed by atoms with Gasteiger partial charge in [-0.05, 0) is 24.8 Å². The molecule has 0 aliphatic carbocycles. The van der Waals surface area contributed by atoms with Crippen LogP contribution in [0, 0.1) is 0 Å². The minimum atomic E-state index is -0.214. The number of hydrogen-bond donors (Lipinski definition) is 0. The van der Waals surface area contributed by atoms with Gasteiger partial charge >= 0.3 is 0 Å². The van der Waals surface area contributed by atoms with Crippen LogP contribution in [0.15, 0.2) is 30.3 Å². The number of rotatable bonds is 3. The molecule has 1 aromatic rings. The summed E-state index contributed by atoms with van der Waals surface area (Å²) in [6, 6.07) is 9.80. The molecular formula is C16H20N2O2. The Bertz CT molecular complexity index is 514. The summed E-state index contributed by atoms with van der Waals surface area (Å²) in [5, 5.41) is 0. The molecule has 0 spiro atoms. The van der Waals surface area contributed by atoms with Crippen LogP contribution in [0.2, 0.25) is 0 Å². The second-order valence-corrected chi connectivity index (χ2v) is 5.55. The highest BCUT2D eigenvalue weighted by Crippen LogP contribution is 2.31. The van der Waals surface area contributed by atoms with Gasteiger partial charge in [-0.2, -0.15) is 0 Å². The second kappa shape index (κ2) is 5.27. The lowest BCUT2D eigenvalue weighted by molar-refractivity contribution is -0.156. The lowest BCUT2D eigenvalue weighted by Gasteiger charge is -2.40. The Morgan fingerprint density at radius 1 is 1.25 bits per heavy atom. The SMILES string of the molecule is CCC(c1ccccc1)N1CC(=O)N2CCCC2C1=O. The molecule has 2 saturated heterocycles. The summed E-state index contributed by atoms with van der Waals surface area (Å²) >= 11 is 0. The summed E-state index contributed by atoms with van der Waals surface area (Å²) in [6.45, 7) is 3.03. The van der Waals surface area contributed by atoms with E-state index in [0.29, 0.717) is 0 Å². The number of hydrogen-bond acceptors (Lipinski definition) is 2. The predicted octanol–water partition coefficient (Wildman–Crippen LogP) is 1.97. The normalized spacial score (nSPS) is 23.9. The van der Waals surface area contributed by atoms with Gasteiger partial charge in [-0.3, -0.25) is 9.59 Å². The Balaban J connectivity index is 1.88. The van der Waals surface area contributed by atoms with Gasteiger partial charge in [-0.1, -0.05) is 37.3 Å². The molecule has 2 unspecified atom stereocenters. The summed E-state index contributed by atoms with van der Waals surface area (Å²) < 4.78 is 0. The lowest BCUT2D eigenvalue weighted by atomic mass is 10.00. The van der Waals surface area contributed by atoms with E-state index >= 15 is 0 Å². The zero-order valence-electron chi connectivity index (χ0n) is 11.8. The highest BCUT2D eigenvalue weighted by atomic mass is 16.2. The molecule has 0 radical (unpaired) electrons. The van der Waals surface area contributed by atoms with Gasteiger partial charge in [0.2, 0.25) is 11.8 Å². The van der Waals surface area contributed by atoms with E-state index in [4.69, 9.17) is 0 Å². The van der Waals surface area contributed by atoms with E-state index in [1.165, 1.54) is 0 Å². The topological polar surface area (TPSA) is 40.6 Å². The molecule has 2 amide bonds. The van der Waals surface area contributed by atoms with Gasteiger partial charge < -0.3 is 9.80 Å². The van der Waals surface area contributed by atoms with Gasteiger partial charge in [0.1, 0.15) is 12.6 Å². The van der Waals surface area contributed by atoms with Crippen molar-refractivity contribution in [3.63, 3.8) is 0 Å². The molecule has 2 aliphatic heterocycles. The van der Waals surface area contributed by atoms with Crippen LogP contribution in [0.25, 0.3) is 0 Å². The van der Waals surface area contributed by atoms with Crippen LogP contribution in [0.3, 0.4) is 0 Å². The minimum absolute atomic E-state index is 0.00963. The fourth-order valence-corrected chi connectivity index (χ4v) is 3.40. The molecule has 0 aromatic heterocycles. The number of piperazine rings is 1. The van der Waals surface area contributed by atoms with Gasteiger partial charge in [-0.25, -0.2) is 0 Å². The summed E-state index contributed by atoms with van der Waals surface area (Å²) in [6.07, 6.45) is 2.58. The first kappa shape index (κ1) is 13.2.